The Labute approximate surface area is 188 Å². The van der Waals surface area contributed by atoms with Gasteiger partial charge >= 0.3 is 0 Å². The second kappa shape index (κ2) is 9.48. The summed E-state index contributed by atoms with van der Waals surface area (Å²) in [6.45, 7) is 2.53. The lowest BCUT2D eigenvalue weighted by Crippen LogP contribution is -2.15. The highest BCUT2D eigenvalue weighted by molar-refractivity contribution is 7.99. The number of nitrogens with two attached hydrogens (primary N) is 1. The van der Waals surface area contributed by atoms with Crippen LogP contribution in [0.3, 0.4) is 0 Å². The Kier molecular flexibility index (Phi) is 6.31. The number of amides is 2. The molecule has 0 aliphatic heterocycles. The van der Waals surface area contributed by atoms with Crippen LogP contribution in [0.5, 0.6) is 5.75 Å². The first-order valence-electron chi connectivity index (χ1n) is 9.81. The molecule has 4 aromatic rings. The molecule has 0 radical (unpaired) electrons. The van der Waals surface area contributed by atoms with Crippen molar-refractivity contribution in [1.29, 1.82) is 0 Å². The Morgan fingerprint density at radius 1 is 1.03 bits per heavy atom. The van der Waals surface area contributed by atoms with Gasteiger partial charge in [-0.15, -0.1) is 10.2 Å². The number of nitrogens with zero attached hydrogens (tertiary/aromatic N) is 4. The van der Waals surface area contributed by atoms with Crippen LogP contribution in [0.4, 0.5) is 5.69 Å². The van der Waals surface area contributed by atoms with Crippen LogP contribution < -0.4 is 15.8 Å². The zero-order valence-electron chi connectivity index (χ0n) is 17.2. The lowest BCUT2D eigenvalue weighted by molar-refractivity contribution is -0.113. The Morgan fingerprint density at radius 2 is 1.78 bits per heavy atom. The minimum atomic E-state index is -0.515. The molecular formula is C22H20N6O3S. The predicted octanol–water partition coefficient (Wildman–Crippen LogP) is 3.02. The molecule has 9 nitrogen and oxygen atoms in total. The zero-order valence-corrected chi connectivity index (χ0v) is 18.0. The number of hydrogen-bond donors (Lipinski definition) is 2. The molecule has 4 rings (SSSR count). The molecule has 2 aromatic heterocycles. The van der Waals surface area contributed by atoms with Crippen LogP contribution >= 0.6 is 11.8 Å². The second-order valence-corrected chi connectivity index (χ2v) is 7.70. The van der Waals surface area contributed by atoms with Crippen LogP contribution in [-0.2, 0) is 4.79 Å². The van der Waals surface area contributed by atoms with Crippen molar-refractivity contribution in [2.24, 2.45) is 5.73 Å². The summed E-state index contributed by atoms with van der Waals surface area (Å²) in [6.07, 6.45) is 0. The highest BCUT2D eigenvalue weighted by Gasteiger charge is 2.12. The first-order chi connectivity index (χ1) is 15.5. The van der Waals surface area contributed by atoms with Crippen LogP contribution in [0.15, 0.2) is 65.7 Å². The summed E-state index contributed by atoms with van der Waals surface area (Å²) in [6, 6.07) is 17.6. The first kappa shape index (κ1) is 21.3. The average molecular weight is 449 g/mol. The number of ether oxygens (including phenoxy) is 1. The summed E-state index contributed by atoms with van der Waals surface area (Å²) < 4.78 is 7.13. The molecule has 0 aliphatic carbocycles. The van der Waals surface area contributed by atoms with Gasteiger partial charge in [-0.05, 0) is 67.6 Å². The fourth-order valence-electron chi connectivity index (χ4n) is 2.95. The third-order valence-corrected chi connectivity index (χ3v) is 5.39. The smallest absolute Gasteiger partial charge is 0.248 e. The minimum Gasteiger partial charge on any atom is -0.494 e. The number of carbonyl (C=O) groups excluding carboxylic acids is 2. The number of fused-ring (bicyclic) bond motifs is 1. The van der Waals surface area contributed by atoms with Crippen molar-refractivity contribution in [3.63, 3.8) is 0 Å². The van der Waals surface area contributed by atoms with Gasteiger partial charge < -0.3 is 15.8 Å². The van der Waals surface area contributed by atoms with E-state index >= 15 is 0 Å². The largest absolute Gasteiger partial charge is 0.494 e. The summed E-state index contributed by atoms with van der Waals surface area (Å²) in [7, 11) is 0. The molecule has 0 saturated heterocycles. The quantitative estimate of drug-likeness (QED) is 0.397. The van der Waals surface area contributed by atoms with Crippen molar-refractivity contribution in [2.45, 2.75) is 11.9 Å². The van der Waals surface area contributed by atoms with Gasteiger partial charge in [0, 0.05) is 16.8 Å². The highest BCUT2D eigenvalue weighted by Crippen LogP contribution is 2.23. The highest BCUT2D eigenvalue weighted by atomic mass is 32.2. The summed E-state index contributed by atoms with van der Waals surface area (Å²) in [5.41, 5.74) is 7.65. The molecular weight excluding hydrogens is 428 g/mol. The number of carbonyl (C=O) groups is 2. The van der Waals surface area contributed by atoms with E-state index in [0.29, 0.717) is 34.4 Å². The van der Waals surface area contributed by atoms with Crippen molar-refractivity contribution in [3.05, 3.63) is 66.2 Å². The first-order valence-corrected chi connectivity index (χ1v) is 10.8. The van der Waals surface area contributed by atoms with Crippen molar-refractivity contribution >= 4 is 34.9 Å². The molecule has 0 aliphatic rings. The fraction of sp³-hybridized carbons (Fsp3) is 0.136. The number of thioether (sulfide) groups is 1. The molecule has 0 bridgehead atoms. The standard InChI is InChI=1S/C22H20N6O3S/c1-2-31-17-9-5-15(6-10-17)22-26-25-18-11-12-20(27-28(18)22)32-13-19(29)24-16-7-3-14(4-8-16)21(23)30/h3-12H,2,13H2,1H3,(H2,23,30)(H,24,29). The Hall–Kier alpha value is -3.92. The van der Waals surface area contributed by atoms with Gasteiger partial charge in [0.2, 0.25) is 11.8 Å². The van der Waals surface area contributed by atoms with Gasteiger partial charge in [-0.3, -0.25) is 9.59 Å². The molecule has 0 unspecified atom stereocenters. The predicted molar refractivity (Wildman–Crippen MR) is 122 cm³/mol. The van der Waals surface area contributed by atoms with Gasteiger partial charge in [-0.2, -0.15) is 9.61 Å². The van der Waals surface area contributed by atoms with Gasteiger partial charge in [0.1, 0.15) is 10.8 Å². The summed E-state index contributed by atoms with van der Waals surface area (Å²) in [4.78, 5) is 23.4. The molecule has 2 aromatic carbocycles. The van der Waals surface area contributed by atoms with Crippen molar-refractivity contribution < 1.29 is 14.3 Å². The monoisotopic (exact) mass is 448 g/mol. The van der Waals surface area contributed by atoms with Crippen molar-refractivity contribution in [3.8, 4) is 17.1 Å². The van der Waals surface area contributed by atoms with E-state index in [1.165, 1.54) is 11.8 Å². The Morgan fingerprint density at radius 3 is 2.47 bits per heavy atom. The molecule has 162 valence electrons. The van der Waals surface area contributed by atoms with Crippen LogP contribution in [-0.4, -0.2) is 44.0 Å². The van der Waals surface area contributed by atoms with Crippen LogP contribution in [0.1, 0.15) is 17.3 Å². The van der Waals surface area contributed by atoms with Crippen LogP contribution in [0, 0.1) is 0 Å². The maximum absolute atomic E-state index is 12.3. The van der Waals surface area contributed by atoms with E-state index in [9.17, 15) is 9.59 Å². The lowest BCUT2D eigenvalue weighted by atomic mass is 10.2. The molecule has 2 heterocycles. The minimum absolute atomic E-state index is 0.163. The van der Waals surface area contributed by atoms with E-state index in [4.69, 9.17) is 10.5 Å². The van der Waals surface area contributed by atoms with Gasteiger partial charge in [0.25, 0.3) is 0 Å². The fourth-order valence-corrected chi connectivity index (χ4v) is 3.61. The number of rotatable bonds is 8. The summed E-state index contributed by atoms with van der Waals surface area (Å²) in [5, 5.41) is 16.4. The number of hydrogen-bond acceptors (Lipinski definition) is 7. The van der Waals surface area contributed by atoms with E-state index in [2.05, 4.69) is 20.6 Å². The number of anilines is 1. The topological polar surface area (TPSA) is 124 Å². The van der Waals surface area contributed by atoms with Gasteiger partial charge in [-0.25, -0.2) is 0 Å². The third kappa shape index (κ3) is 4.86. The van der Waals surface area contributed by atoms with Gasteiger partial charge in [0.15, 0.2) is 11.5 Å². The molecule has 2 amide bonds. The van der Waals surface area contributed by atoms with Gasteiger partial charge in [0.05, 0.1) is 12.4 Å². The number of primary amides is 1. The molecule has 10 heteroatoms. The third-order valence-electron chi connectivity index (χ3n) is 4.47. The average Bonchev–Trinajstić information content (AvgIpc) is 3.22. The molecule has 32 heavy (non-hydrogen) atoms. The number of benzene rings is 2. The summed E-state index contributed by atoms with van der Waals surface area (Å²) in [5.74, 6) is 0.836. The van der Waals surface area contributed by atoms with Crippen LogP contribution in [0.25, 0.3) is 17.0 Å². The van der Waals surface area contributed by atoms with Crippen molar-refractivity contribution in [1.82, 2.24) is 19.8 Å². The normalized spacial score (nSPS) is 10.8. The molecule has 0 fully saturated rings. The summed E-state index contributed by atoms with van der Waals surface area (Å²) >= 11 is 1.29. The van der Waals surface area contributed by atoms with E-state index in [0.717, 1.165) is 11.3 Å². The molecule has 0 spiro atoms. The molecule has 3 N–H and O–H groups in total. The van der Waals surface area contributed by atoms with Crippen LogP contribution in [0.2, 0.25) is 0 Å². The van der Waals surface area contributed by atoms with E-state index in [1.54, 1.807) is 40.9 Å². The second-order valence-electron chi connectivity index (χ2n) is 6.70. The number of nitrogens with one attached hydrogen (secondary N) is 1. The molecule has 0 saturated carbocycles. The van der Waals surface area contributed by atoms with E-state index in [-0.39, 0.29) is 11.7 Å². The maximum Gasteiger partial charge on any atom is 0.248 e. The van der Waals surface area contributed by atoms with Gasteiger partial charge in [-0.1, -0.05) is 11.8 Å². The maximum atomic E-state index is 12.3. The number of aromatic nitrogens is 4. The van der Waals surface area contributed by atoms with E-state index in [1.807, 2.05) is 31.2 Å². The van der Waals surface area contributed by atoms with Crippen molar-refractivity contribution in [2.75, 3.05) is 17.7 Å². The Balaban J connectivity index is 1.44. The zero-order chi connectivity index (χ0) is 22.5. The SMILES string of the molecule is CCOc1ccc(-c2nnc3ccc(SCC(=O)Nc4ccc(C(N)=O)cc4)nn23)cc1. The Bertz CT molecular complexity index is 1260. The lowest BCUT2D eigenvalue weighted by Gasteiger charge is -2.06. The van der Waals surface area contributed by atoms with E-state index < -0.39 is 5.91 Å². The molecule has 0 atom stereocenters.